The smallest absolute Gasteiger partial charge is 0.0207 e. The van der Waals surface area contributed by atoms with Crippen LogP contribution in [0.2, 0.25) is 0 Å². The fourth-order valence-electron chi connectivity index (χ4n) is 2.53. The van der Waals surface area contributed by atoms with Gasteiger partial charge in [-0.3, -0.25) is 4.90 Å². The van der Waals surface area contributed by atoms with Gasteiger partial charge in [0.2, 0.25) is 0 Å². The van der Waals surface area contributed by atoms with Gasteiger partial charge >= 0.3 is 0 Å². The summed E-state index contributed by atoms with van der Waals surface area (Å²) in [6, 6.07) is 1.94. The summed E-state index contributed by atoms with van der Waals surface area (Å²) in [5.41, 5.74) is 6.14. The summed E-state index contributed by atoms with van der Waals surface area (Å²) in [5, 5.41) is 3.64. The van der Waals surface area contributed by atoms with Crippen molar-refractivity contribution in [2.45, 2.75) is 57.7 Å². The Morgan fingerprint density at radius 2 is 2.12 bits per heavy atom. The lowest BCUT2D eigenvalue weighted by atomic mass is 10.00. The second-order valence-electron chi connectivity index (χ2n) is 5.67. The molecule has 3 heteroatoms. The van der Waals surface area contributed by atoms with Crippen LogP contribution in [-0.4, -0.2) is 42.7 Å². The first-order valence-electron chi connectivity index (χ1n) is 6.93. The number of hydrogen-bond acceptors (Lipinski definition) is 3. The summed E-state index contributed by atoms with van der Waals surface area (Å²) in [6.45, 7) is 7.99. The van der Waals surface area contributed by atoms with Crippen molar-refractivity contribution in [3.8, 4) is 0 Å². The van der Waals surface area contributed by atoms with Gasteiger partial charge in [0.25, 0.3) is 0 Å². The number of nitrogens with two attached hydrogens (primary N) is 1. The quantitative estimate of drug-likeness (QED) is 0.713. The van der Waals surface area contributed by atoms with Gasteiger partial charge in [0.1, 0.15) is 0 Å². The highest BCUT2D eigenvalue weighted by Crippen LogP contribution is 2.29. The molecule has 1 saturated carbocycles. The number of nitrogens with one attached hydrogen (secondary N) is 1. The van der Waals surface area contributed by atoms with Crippen LogP contribution in [0.5, 0.6) is 0 Å². The fourth-order valence-corrected chi connectivity index (χ4v) is 2.53. The number of likely N-dealkylation sites (tertiary alicyclic amines) is 1. The normalized spacial score (nSPS) is 30.6. The Morgan fingerprint density at radius 1 is 1.38 bits per heavy atom. The van der Waals surface area contributed by atoms with E-state index in [2.05, 4.69) is 24.1 Å². The van der Waals surface area contributed by atoms with Crippen LogP contribution in [0.25, 0.3) is 0 Å². The minimum Gasteiger partial charge on any atom is -0.326 e. The number of hydrogen-bond donors (Lipinski definition) is 2. The van der Waals surface area contributed by atoms with Gasteiger partial charge in [-0.2, -0.15) is 0 Å². The first kappa shape index (κ1) is 12.3. The van der Waals surface area contributed by atoms with Crippen LogP contribution in [0.3, 0.4) is 0 Å². The molecule has 2 aliphatic rings. The summed E-state index contributed by atoms with van der Waals surface area (Å²) in [6.07, 6.45) is 5.35. The molecular weight excluding hydrogens is 198 g/mol. The molecule has 3 N–H and O–H groups in total. The Balaban J connectivity index is 1.63. The zero-order valence-electron chi connectivity index (χ0n) is 10.8. The Kier molecular flexibility index (Phi) is 4.22. The maximum absolute atomic E-state index is 6.14. The molecule has 3 nitrogen and oxygen atoms in total. The lowest BCUT2D eigenvalue weighted by molar-refractivity contribution is 0.313. The summed E-state index contributed by atoms with van der Waals surface area (Å²) >= 11 is 0. The molecular formula is C13H27N3. The molecule has 0 amide bonds. The molecule has 1 saturated heterocycles. The molecule has 3 atom stereocenters. The molecule has 0 aromatic heterocycles. The monoisotopic (exact) mass is 225 g/mol. The second kappa shape index (κ2) is 5.48. The van der Waals surface area contributed by atoms with Gasteiger partial charge in [0.15, 0.2) is 0 Å². The lowest BCUT2D eigenvalue weighted by Crippen LogP contribution is -2.43. The first-order valence-corrected chi connectivity index (χ1v) is 6.93. The molecule has 2 rings (SSSR count). The third-order valence-corrected chi connectivity index (χ3v) is 4.30. The van der Waals surface area contributed by atoms with Crippen molar-refractivity contribution >= 4 is 0 Å². The van der Waals surface area contributed by atoms with Gasteiger partial charge in [-0.25, -0.2) is 0 Å². The van der Waals surface area contributed by atoms with Crippen molar-refractivity contribution in [2.75, 3.05) is 19.6 Å². The molecule has 16 heavy (non-hydrogen) atoms. The highest BCUT2D eigenvalue weighted by Gasteiger charge is 2.34. The van der Waals surface area contributed by atoms with Crippen molar-refractivity contribution in [3.05, 3.63) is 0 Å². The summed E-state index contributed by atoms with van der Waals surface area (Å²) in [7, 11) is 0. The van der Waals surface area contributed by atoms with E-state index in [9.17, 15) is 0 Å². The van der Waals surface area contributed by atoms with Gasteiger partial charge in [-0.15, -0.1) is 0 Å². The molecule has 1 heterocycles. The molecule has 0 aromatic carbocycles. The summed E-state index contributed by atoms with van der Waals surface area (Å²) in [4.78, 5) is 2.65. The zero-order chi connectivity index (χ0) is 11.5. The van der Waals surface area contributed by atoms with Crippen molar-refractivity contribution in [1.29, 1.82) is 0 Å². The Hall–Kier alpha value is -0.120. The average Bonchev–Trinajstić information content (AvgIpc) is 3.05. The first-order chi connectivity index (χ1) is 7.70. The van der Waals surface area contributed by atoms with Crippen LogP contribution >= 0.6 is 0 Å². The standard InChI is InChI=1S/C13H27N3/c1-3-10(2)13(14)8-15-11-6-7-16(9-11)12-4-5-12/h10-13,15H,3-9,14H2,1-2H3. The molecule has 3 unspecified atom stereocenters. The minimum absolute atomic E-state index is 0.319. The van der Waals surface area contributed by atoms with Crippen LogP contribution in [0.1, 0.15) is 39.5 Å². The topological polar surface area (TPSA) is 41.3 Å². The van der Waals surface area contributed by atoms with Crippen molar-refractivity contribution in [2.24, 2.45) is 11.7 Å². The summed E-state index contributed by atoms with van der Waals surface area (Å²) < 4.78 is 0. The maximum Gasteiger partial charge on any atom is 0.0207 e. The molecule has 2 fully saturated rings. The largest absolute Gasteiger partial charge is 0.326 e. The van der Waals surface area contributed by atoms with Gasteiger partial charge in [0, 0.05) is 37.8 Å². The Morgan fingerprint density at radius 3 is 2.75 bits per heavy atom. The lowest BCUT2D eigenvalue weighted by Gasteiger charge is -2.22. The SMILES string of the molecule is CCC(C)C(N)CNC1CCN(C2CC2)C1. The molecule has 0 aromatic rings. The predicted octanol–water partition coefficient (Wildman–Crippen LogP) is 1.19. The predicted molar refractivity (Wildman–Crippen MR) is 68.4 cm³/mol. The highest BCUT2D eigenvalue weighted by atomic mass is 15.2. The van der Waals surface area contributed by atoms with Gasteiger partial charge in [0.05, 0.1) is 0 Å². The molecule has 0 bridgehead atoms. The molecule has 1 aliphatic heterocycles. The van der Waals surface area contributed by atoms with E-state index >= 15 is 0 Å². The van der Waals surface area contributed by atoms with E-state index in [1.165, 1.54) is 38.8 Å². The second-order valence-corrected chi connectivity index (χ2v) is 5.67. The fraction of sp³-hybridized carbons (Fsp3) is 1.00. The van der Waals surface area contributed by atoms with Crippen LogP contribution in [0.4, 0.5) is 0 Å². The van der Waals surface area contributed by atoms with Crippen molar-refractivity contribution in [1.82, 2.24) is 10.2 Å². The molecule has 0 spiro atoms. The van der Waals surface area contributed by atoms with Crippen LogP contribution in [0, 0.1) is 5.92 Å². The number of nitrogens with zero attached hydrogens (tertiary/aromatic N) is 1. The van der Waals surface area contributed by atoms with Gasteiger partial charge in [-0.05, 0) is 25.2 Å². The van der Waals surface area contributed by atoms with E-state index in [1.807, 2.05) is 0 Å². The third kappa shape index (κ3) is 3.19. The van der Waals surface area contributed by atoms with Gasteiger partial charge < -0.3 is 11.1 Å². The molecule has 1 aliphatic carbocycles. The van der Waals surface area contributed by atoms with E-state index < -0.39 is 0 Å². The number of rotatable bonds is 6. The Bertz CT molecular complexity index is 215. The zero-order valence-corrected chi connectivity index (χ0v) is 10.8. The highest BCUT2D eigenvalue weighted by molar-refractivity contribution is 4.92. The van der Waals surface area contributed by atoms with Crippen LogP contribution in [-0.2, 0) is 0 Å². The maximum atomic E-state index is 6.14. The van der Waals surface area contributed by atoms with Crippen molar-refractivity contribution in [3.63, 3.8) is 0 Å². The average molecular weight is 225 g/mol. The van der Waals surface area contributed by atoms with Crippen molar-refractivity contribution < 1.29 is 0 Å². The summed E-state index contributed by atoms with van der Waals surface area (Å²) in [5.74, 6) is 0.633. The van der Waals surface area contributed by atoms with E-state index in [1.54, 1.807) is 0 Å². The van der Waals surface area contributed by atoms with E-state index in [-0.39, 0.29) is 0 Å². The molecule has 94 valence electrons. The van der Waals surface area contributed by atoms with Crippen LogP contribution in [0.15, 0.2) is 0 Å². The third-order valence-electron chi connectivity index (χ3n) is 4.30. The van der Waals surface area contributed by atoms with Gasteiger partial charge in [-0.1, -0.05) is 20.3 Å². The van der Waals surface area contributed by atoms with Crippen LogP contribution < -0.4 is 11.1 Å². The van der Waals surface area contributed by atoms with E-state index in [4.69, 9.17) is 5.73 Å². The van der Waals surface area contributed by atoms with E-state index in [0.29, 0.717) is 18.0 Å². The van der Waals surface area contributed by atoms with E-state index in [0.717, 1.165) is 12.6 Å². The Labute approximate surface area is 99.8 Å². The molecule has 0 radical (unpaired) electrons. The minimum atomic E-state index is 0.319.